The van der Waals surface area contributed by atoms with Gasteiger partial charge in [0.2, 0.25) is 5.24 Å². The maximum Gasteiger partial charge on any atom is 0.276 e. The molecule has 0 amide bonds. The third-order valence-corrected chi connectivity index (χ3v) is 2.65. The zero-order valence-corrected chi connectivity index (χ0v) is 9.62. The summed E-state index contributed by atoms with van der Waals surface area (Å²) in [4.78, 5) is 21.3. The Bertz CT molecular complexity index is 480. The van der Waals surface area contributed by atoms with Crippen molar-refractivity contribution in [3.8, 4) is 0 Å². The maximum atomic E-state index is 11.0. The number of benzene rings is 1. The minimum atomic E-state index is -0.601. The van der Waals surface area contributed by atoms with Crippen LogP contribution in [0, 0.1) is 10.1 Å². The Morgan fingerprint density at radius 1 is 1.31 bits per heavy atom. The van der Waals surface area contributed by atoms with Crippen molar-refractivity contribution in [2.45, 2.75) is 13.8 Å². The Kier molecular flexibility index (Phi) is 3.79. The monoisotopic (exact) mass is 239 g/mol. The molecule has 0 aliphatic carbocycles. The summed E-state index contributed by atoms with van der Waals surface area (Å²) in [5, 5.41) is 10.2. The third kappa shape index (κ3) is 2.46. The van der Waals surface area contributed by atoms with Gasteiger partial charge in [-0.1, -0.05) is 12.1 Å². The van der Waals surface area contributed by atoms with E-state index in [1.807, 2.05) is 0 Å². The van der Waals surface area contributed by atoms with Crippen molar-refractivity contribution in [2.75, 3.05) is 0 Å². The number of nitro groups is 1. The Morgan fingerprint density at radius 2 is 1.88 bits per heavy atom. The van der Waals surface area contributed by atoms with Gasteiger partial charge in [0, 0.05) is 11.6 Å². The summed E-state index contributed by atoms with van der Waals surface area (Å²) in [5.74, 6) is 0. The van der Waals surface area contributed by atoms with Gasteiger partial charge in [0.1, 0.15) is 0 Å². The van der Waals surface area contributed by atoms with Gasteiger partial charge in [-0.2, -0.15) is 0 Å². The average molecular weight is 240 g/mol. The van der Waals surface area contributed by atoms with Crippen molar-refractivity contribution in [1.82, 2.24) is 0 Å². The standard InChI is InChI=1S/C11H10ClNO3/c1-7(8(2)11(12)14)9-5-3-4-6-10(9)13(15)16/h3-6H,1-2H3. The molecule has 0 spiro atoms. The number of hydrogen-bond donors (Lipinski definition) is 0. The van der Waals surface area contributed by atoms with Crippen LogP contribution in [0.15, 0.2) is 29.8 Å². The van der Waals surface area contributed by atoms with Gasteiger partial charge < -0.3 is 0 Å². The number of nitro benzene ring substituents is 1. The van der Waals surface area contributed by atoms with Gasteiger partial charge in [-0.05, 0) is 37.1 Å². The molecule has 0 N–H and O–H groups in total. The van der Waals surface area contributed by atoms with Gasteiger partial charge in [-0.25, -0.2) is 0 Å². The molecule has 0 aliphatic rings. The van der Waals surface area contributed by atoms with Gasteiger partial charge in [0.05, 0.1) is 10.5 Å². The van der Waals surface area contributed by atoms with E-state index in [2.05, 4.69) is 0 Å². The minimum absolute atomic E-state index is 0.0303. The molecule has 0 unspecified atom stereocenters. The van der Waals surface area contributed by atoms with Crippen LogP contribution in [0.5, 0.6) is 0 Å². The van der Waals surface area contributed by atoms with Crippen LogP contribution in [-0.2, 0) is 4.79 Å². The van der Waals surface area contributed by atoms with Gasteiger partial charge in [0.15, 0.2) is 0 Å². The van der Waals surface area contributed by atoms with E-state index in [4.69, 9.17) is 11.6 Å². The second kappa shape index (κ2) is 4.90. The highest BCUT2D eigenvalue weighted by molar-refractivity contribution is 6.68. The highest BCUT2D eigenvalue weighted by atomic mass is 35.5. The van der Waals surface area contributed by atoms with Crippen LogP contribution in [0.25, 0.3) is 5.57 Å². The lowest BCUT2D eigenvalue weighted by molar-refractivity contribution is -0.385. The fourth-order valence-corrected chi connectivity index (χ4v) is 1.44. The Labute approximate surface area is 97.7 Å². The van der Waals surface area contributed by atoms with Gasteiger partial charge in [0.25, 0.3) is 5.69 Å². The largest absolute Gasteiger partial charge is 0.276 e. The van der Waals surface area contributed by atoms with Crippen LogP contribution in [0.1, 0.15) is 19.4 Å². The SMILES string of the molecule is CC(C(=O)Cl)=C(C)c1ccccc1[N+](=O)[O-]. The first-order valence-electron chi connectivity index (χ1n) is 4.56. The lowest BCUT2D eigenvalue weighted by Gasteiger charge is -2.05. The van der Waals surface area contributed by atoms with E-state index >= 15 is 0 Å². The fourth-order valence-electron chi connectivity index (χ4n) is 1.30. The highest BCUT2D eigenvalue weighted by Gasteiger charge is 2.16. The predicted molar refractivity (Wildman–Crippen MR) is 62.2 cm³/mol. The lowest BCUT2D eigenvalue weighted by Crippen LogP contribution is -1.97. The molecule has 1 aromatic rings. The number of rotatable bonds is 3. The zero-order chi connectivity index (χ0) is 12.3. The maximum absolute atomic E-state index is 11.0. The molecule has 0 aliphatic heterocycles. The molecule has 4 nitrogen and oxygen atoms in total. The molecular formula is C11H10ClNO3. The summed E-state index contributed by atoms with van der Waals surface area (Å²) >= 11 is 5.34. The third-order valence-electron chi connectivity index (χ3n) is 2.36. The van der Waals surface area contributed by atoms with Crippen molar-refractivity contribution < 1.29 is 9.72 Å². The highest BCUT2D eigenvalue weighted by Crippen LogP contribution is 2.28. The second-order valence-corrected chi connectivity index (χ2v) is 3.64. The summed E-state index contributed by atoms with van der Waals surface area (Å²) < 4.78 is 0. The number of halogens is 1. The smallest absolute Gasteiger partial charge is 0.276 e. The first-order chi connectivity index (χ1) is 7.45. The van der Waals surface area contributed by atoms with Crippen molar-refractivity contribution in [1.29, 1.82) is 0 Å². The molecule has 5 heteroatoms. The van der Waals surface area contributed by atoms with Crippen molar-refractivity contribution in [3.63, 3.8) is 0 Å². The first-order valence-corrected chi connectivity index (χ1v) is 4.94. The molecule has 0 heterocycles. The molecule has 84 valence electrons. The fraction of sp³-hybridized carbons (Fsp3) is 0.182. The van der Waals surface area contributed by atoms with Gasteiger partial charge >= 0.3 is 0 Å². The topological polar surface area (TPSA) is 60.2 Å². The van der Waals surface area contributed by atoms with Crippen molar-refractivity contribution >= 4 is 28.1 Å². The second-order valence-electron chi connectivity index (χ2n) is 3.30. The summed E-state index contributed by atoms with van der Waals surface area (Å²) in [5.41, 5.74) is 1.22. The summed E-state index contributed by atoms with van der Waals surface area (Å²) in [7, 11) is 0. The van der Waals surface area contributed by atoms with E-state index in [-0.39, 0.29) is 5.69 Å². The molecule has 0 atom stereocenters. The molecule has 1 rings (SSSR count). The van der Waals surface area contributed by atoms with Crippen molar-refractivity contribution in [2.24, 2.45) is 0 Å². The average Bonchev–Trinajstić information content (AvgIpc) is 2.26. The number of carbonyl (C=O) groups is 1. The van der Waals surface area contributed by atoms with Crippen LogP contribution in [0.4, 0.5) is 5.69 Å². The quantitative estimate of drug-likeness (QED) is 0.352. The normalized spacial score (nSPS) is 11.9. The Hall–Kier alpha value is -1.68. The molecule has 0 bridgehead atoms. The van der Waals surface area contributed by atoms with Crippen LogP contribution in [0.2, 0.25) is 0 Å². The molecule has 0 aromatic heterocycles. The van der Waals surface area contributed by atoms with E-state index in [0.29, 0.717) is 16.7 Å². The Balaban J connectivity index is 3.39. The van der Waals surface area contributed by atoms with Gasteiger partial charge in [-0.3, -0.25) is 14.9 Å². The molecule has 1 aromatic carbocycles. The van der Waals surface area contributed by atoms with Gasteiger partial charge in [-0.15, -0.1) is 0 Å². The van der Waals surface area contributed by atoms with Crippen molar-refractivity contribution in [3.05, 3.63) is 45.5 Å². The molecule has 0 fully saturated rings. The molecule has 16 heavy (non-hydrogen) atoms. The molecular weight excluding hydrogens is 230 g/mol. The van der Waals surface area contributed by atoms with E-state index in [1.165, 1.54) is 6.07 Å². The number of nitrogens with zero attached hydrogens (tertiary/aromatic N) is 1. The lowest BCUT2D eigenvalue weighted by atomic mass is 10.0. The van der Waals surface area contributed by atoms with E-state index in [9.17, 15) is 14.9 Å². The molecule has 0 saturated carbocycles. The molecule has 0 saturated heterocycles. The first kappa shape index (κ1) is 12.4. The minimum Gasteiger partial charge on any atom is -0.276 e. The number of allylic oxidation sites excluding steroid dienone is 2. The number of carbonyl (C=O) groups excluding carboxylic acids is 1. The van der Waals surface area contributed by atoms with E-state index < -0.39 is 10.2 Å². The summed E-state index contributed by atoms with van der Waals surface area (Å²) in [6.45, 7) is 3.18. The van der Waals surface area contributed by atoms with Crippen LogP contribution < -0.4 is 0 Å². The number of para-hydroxylation sites is 1. The van der Waals surface area contributed by atoms with E-state index in [0.717, 1.165) is 0 Å². The van der Waals surface area contributed by atoms with Crippen LogP contribution in [-0.4, -0.2) is 10.2 Å². The zero-order valence-electron chi connectivity index (χ0n) is 8.86. The van der Waals surface area contributed by atoms with Crippen LogP contribution in [0.3, 0.4) is 0 Å². The Morgan fingerprint density at radius 3 is 2.38 bits per heavy atom. The number of hydrogen-bond acceptors (Lipinski definition) is 3. The van der Waals surface area contributed by atoms with E-state index in [1.54, 1.807) is 32.0 Å². The summed E-state index contributed by atoms with van der Waals surface area (Å²) in [6, 6.07) is 6.24. The van der Waals surface area contributed by atoms with Crippen LogP contribution >= 0.6 is 11.6 Å². The predicted octanol–water partition coefficient (Wildman–Crippen LogP) is 3.15. The molecule has 0 radical (unpaired) electrons. The summed E-state index contributed by atoms with van der Waals surface area (Å²) in [6.07, 6.45) is 0.